The Bertz CT molecular complexity index is 663. The van der Waals surface area contributed by atoms with Gasteiger partial charge < -0.3 is 35.7 Å². The van der Waals surface area contributed by atoms with E-state index in [1.165, 1.54) is 12.7 Å². The molecule has 6 N–H and O–H groups in total. The molecule has 1 saturated heterocycles. The minimum Gasteiger partial charge on any atom is -0.394 e. The van der Waals surface area contributed by atoms with E-state index in [9.17, 15) is 15.3 Å². The maximum Gasteiger partial charge on any atom is 0.254 e. The van der Waals surface area contributed by atoms with Crippen LogP contribution >= 0.6 is 0 Å². The second kappa shape index (κ2) is 5.62. The van der Waals surface area contributed by atoms with Crippen molar-refractivity contribution in [2.75, 3.05) is 12.3 Å². The molecule has 2 aromatic heterocycles. The molecule has 120 valence electrons. The molecule has 0 aliphatic carbocycles. The number of hydrogen-bond acceptors (Lipinski definition) is 10. The number of aliphatic hydroxyl groups excluding tert-OH is 4. The highest BCUT2D eigenvalue weighted by Crippen LogP contribution is 2.22. The van der Waals surface area contributed by atoms with Gasteiger partial charge in [0.25, 0.3) is 6.29 Å². The van der Waals surface area contributed by atoms with Crippen molar-refractivity contribution in [3.63, 3.8) is 0 Å². The fourth-order valence-corrected chi connectivity index (χ4v) is 2.20. The van der Waals surface area contributed by atoms with Gasteiger partial charge in [-0.1, -0.05) is 0 Å². The van der Waals surface area contributed by atoms with Crippen molar-refractivity contribution in [3.8, 4) is 0 Å². The molecule has 2 aromatic rings. The van der Waals surface area contributed by atoms with Crippen LogP contribution in [-0.4, -0.2) is 77.4 Å². The lowest BCUT2D eigenvalue weighted by molar-refractivity contribution is -0.299. The van der Waals surface area contributed by atoms with Crippen molar-refractivity contribution in [2.45, 2.75) is 30.7 Å². The maximum absolute atomic E-state index is 9.92. The average Bonchev–Trinajstić information content (AvgIpc) is 2.92. The van der Waals surface area contributed by atoms with E-state index in [2.05, 4.69) is 15.0 Å². The Labute approximate surface area is 123 Å². The summed E-state index contributed by atoms with van der Waals surface area (Å²) >= 11 is 0. The second-order valence-corrected chi connectivity index (χ2v) is 4.80. The number of anilines is 1. The topological polar surface area (TPSA) is 169 Å². The first-order valence-corrected chi connectivity index (χ1v) is 6.44. The number of nitrogens with two attached hydrogens (primary N) is 1. The van der Waals surface area contributed by atoms with Crippen LogP contribution in [0.5, 0.6) is 0 Å². The summed E-state index contributed by atoms with van der Waals surface area (Å²) in [5, 5.41) is 38.5. The molecule has 0 saturated carbocycles. The third-order valence-corrected chi connectivity index (χ3v) is 3.40. The summed E-state index contributed by atoms with van der Waals surface area (Å²) in [6.07, 6.45) is -4.49. The zero-order valence-electron chi connectivity index (χ0n) is 11.2. The van der Waals surface area contributed by atoms with Crippen LogP contribution in [0.3, 0.4) is 0 Å². The van der Waals surface area contributed by atoms with E-state index in [1.807, 2.05) is 0 Å². The maximum atomic E-state index is 9.92. The van der Waals surface area contributed by atoms with Gasteiger partial charge in [0.1, 0.15) is 37.1 Å². The molecule has 1 aliphatic heterocycles. The lowest BCUT2D eigenvalue weighted by atomic mass is 9.99. The van der Waals surface area contributed by atoms with Crippen LogP contribution in [-0.2, 0) is 4.74 Å². The Morgan fingerprint density at radius 2 is 1.95 bits per heavy atom. The average molecular weight is 313 g/mol. The zero-order chi connectivity index (χ0) is 15.9. The van der Waals surface area contributed by atoms with E-state index in [4.69, 9.17) is 20.4 Å². The number of nitrogen functional groups attached to an aromatic ring is 1. The molecule has 22 heavy (non-hydrogen) atoms. The SMILES string of the molecule is Nc1ncnc2ncn(OC3O[C@H](CO)[C@@H](O)[C@H](O)[C@H]3O)c12. The quantitative estimate of drug-likeness (QED) is 0.385. The Morgan fingerprint density at radius 1 is 1.18 bits per heavy atom. The zero-order valence-corrected chi connectivity index (χ0v) is 11.2. The van der Waals surface area contributed by atoms with Crippen LogP contribution in [0.1, 0.15) is 0 Å². The molecule has 0 aromatic carbocycles. The molecule has 1 aliphatic rings. The molecule has 5 atom stereocenters. The van der Waals surface area contributed by atoms with Crippen molar-refractivity contribution in [2.24, 2.45) is 0 Å². The molecular formula is C11H15N5O6. The Kier molecular flexibility index (Phi) is 3.80. The first-order valence-electron chi connectivity index (χ1n) is 6.44. The van der Waals surface area contributed by atoms with Crippen LogP contribution in [0.2, 0.25) is 0 Å². The summed E-state index contributed by atoms with van der Waals surface area (Å²) in [5.74, 6) is 0.104. The number of aromatic nitrogens is 4. The Balaban J connectivity index is 1.88. The molecule has 1 unspecified atom stereocenters. The highest BCUT2D eigenvalue weighted by atomic mass is 16.8. The van der Waals surface area contributed by atoms with Crippen molar-refractivity contribution < 1.29 is 30.0 Å². The van der Waals surface area contributed by atoms with Crippen molar-refractivity contribution >= 4 is 17.0 Å². The fraction of sp³-hybridized carbons (Fsp3) is 0.545. The van der Waals surface area contributed by atoms with E-state index < -0.39 is 37.3 Å². The number of nitrogens with zero attached hydrogens (tertiary/aromatic N) is 4. The Hall–Kier alpha value is -2.05. The molecule has 0 spiro atoms. The highest BCUT2D eigenvalue weighted by Gasteiger charge is 2.45. The lowest BCUT2D eigenvalue weighted by Crippen LogP contribution is -2.61. The van der Waals surface area contributed by atoms with Crippen molar-refractivity contribution in [3.05, 3.63) is 12.7 Å². The van der Waals surface area contributed by atoms with Gasteiger partial charge in [-0.15, -0.1) is 0 Å². The van der Waals surface area contributed by atoms with Gasteiger partial charge in [-0.2, -0.15) is 4.73 Å². The highest BCUT2D eigenvalue weighted by molar-refractivity contribution is 5.80. The van der Waals surface area contributed by atoms with Gasteiger partial charge in [0.2, 0.25) is 0 Å². The van der Waals surface area contributed by atoms with Crippen LogP contribution in [0.25, 0.3) is 11.2 Å². The van der Waals surface area contributed by atoms with E-state index in [-0.39, 0.29) is 17.0 Å². The van der Waals surface area contributed by atoms with E-state index in [0.29, 0.717) is 0 Å². The molecule has 11 heteroatoms. The van der Waals surface area contributed by atoms with Crippen LogP contribution in [0, 0.1) is 0 Å². The first-order chi connectivity index (χ1) is 10.5. The summed E-state index contributed by atoms with van der Waals surface area (Å²) in [5.41, 5.74) is 6.26. The van der Waals surface area contributed by atoms with Crippen molar-refractivity contribution in [1.82, 2.24) is 19.7 Å². The lowest BCUT2D eigenvalue weighted by Gasteiger charge is -2.39. The number of hydrogen-bond donors (Lipinski definition) is 5. The predicted octanol–water partition coefficient (Wildman–Crippen LogP) is -3.36. The molecule has 0 radical (unpaired) electrons. The number of ether oxygens (including phenoxy) is 1. The largest absolute Gasteiger partial charge is 0.394 e. The minimum atomic E-state index is -1.54. The third kappa shape index (κ3) is 2.34. The standard InChI is InChI=1S/C11H15N5O6/c12-9-5-10(14-2-13-9)15-3-16(5)22-11-8(20)7(19)6(18)4(1-17)21-11/h2-4,6-8,11,17-20H,1H2,(H2,12,13,14)/t4-,6-,7+,8-,11?/m1/s1. The molecule has 0 bridgehead atoms. The van der Waals surface area contributed by atoms with Gasteiger partial charge in [-0.05, 0) is 0 Å². The monoisotopic (exact) mass is 313 g/mol. The molecule has 0 amide bonds. The number of fused-ring (bicyclic) bond motifs is 1. The van der Waals surface area contributed by atoms with Gasteiger partial charge in [0.15, 0.2) is 17.0 Å². The summed E-state index contributed by atoms with van der Waals surface area (Å²) in [6.45, 7) is -0.555. The summed E-state index contributed by atoms with van der Waals surface area (Å²) in [6, 6.07) is 0. The van der Waals surface area contributed by atoms with E-state index >= 15 is 0 Å². The molecule has 3 heterocycles. The molecular weight excluding hydrogens is 298 g/mol. The van der Waals surface area contributed by atoms with E-state index in [1.54, 1.807) is 0 Å². The van der Waals surface area contributed by atoms with Crippen LogP contribution in [0.15, 0.2) is 12.7 Å². The predicted molar refractivity (Wildman–Crippen MR) is 70.1 cm³/mol. The summed E-state index contributed by atoms with van der Waals surface area (Å²) < 4.78 is 6.32. The van der Waals surface area contributed by atoms with Crippen LogP contribution in [0.4, 0.5) is 5.82 Å². The third-order valence-electron chi connectivity index (χ3n) is 3.40. The molecule has 3 rings (SSSR count). The minimum absolute atomic E-state index is 0.104. The van der Waals surface area contributed by atoms with Gasteiger partial charge in [-0.25, -0.2) is 15.0 Å². The van der Waals surface area contributed by atoms with Gasteiger partial charge >= 0.3 is 0 Å². The van der Waals surface area contributed by atoms with E-state index in [0.717, 1.165) is 4.73 Å². The van der Waals surface area contributed by atoms with Gasteiger partial charge in [0, 0.05) is 0 Å². The smallest absolute Gasteiger partial charge is 0.254 e. The number of aliphatic hydroxyl groups is 4. The normalized spacial score (nSPS) is 32.3. The second-order valence-electron chi connectivity index (χ2n) is 4.80. The molecule has 11 nitrogen and oxygen atoms in total. The number of imidazole rings is 1. The first kappa shape index (κ1) is 14.9. The fourth-order valence-electron chi connectivity index (χ4n) is 2.20. The summed E-state index contributed by atoms with van der Waals surface area (Å²) in [7, 11) is 0. The summed E-state index contributed by atoms with van der Waals surface area (Å²) in [4.78, 5) is 17.0. The number of rotatable bonds is 3. The van der Waals surface area contributed by atoms with Crippen molar-refractivity contribution in [1.29, 1.82) is 0 Å². The van der Waals surface area contributed by atoms with Gasteiger partial charge in [-0.3, -0.25) is 0 Å². The van der Waals surface area contributed by atoms with Gasteiger partial charge in [0.05, 0.1) is 6.61 Å². The molecule has 1 fully saturated rings. The van der Waals surface area contributed by atoms with Crippen LogP contribution < -0.4 is 10.6 Å². The Morgan fingerprint density at radius 3 is 2.68 bits per heavy atom.